The van der Waals surface area contributed by atoms with Gasteiger partial charge in [0.25, 0.3) is 0 Å². The van der Waals surface area contributed by atoms with Gasteiger partial charge in [0.15, 0.2) is 17.8 Å². The fourth-order valence-electron chi connectivity index (χ4n) is 2.06. The van der Waals surface area contributed by atoms with Gasteiger partial charge >= 0.3 is 0 Å². The third-order valence-electron chi connectivity index (χ3n) is 3.26. The van der Waals surface area contributed by atoms with Crippen LogP contribution in [0.3, 0.4) is 0 Å². The van der Waals surface area contributed by atoms with Crippen molar-refractivity contribution < 1.29 is 14.3 Å². The molecule has 0 N–H and O–H groups in total. The summed E-state index contributed by atoms with van der Waals surface area (Å²) in [7, 11) is 0. The number of ether oxygens (including phenoxy) is 2. The van der Waals surface area contributed by atoms with E-state index in [1.807, 2.05) is 0 Å². The Bertz CT molecular complexity index is 911. The maximum Gasteiger partial charge on any atom is 0.160 e. The van der Waals surface area contributed by atoms with Gasteiger partial charge in [-0.2, -0.15) is 0 Å². The van der Waals surface area contributed by atoms with Crippen molar-refractivity contribution in [3.8, 4) is 23.0 Å². The molecule has 132 valence electrons. The SMILES string of the molecule is O=Cc1c(Oc2ccc(Cl)cc2Br)cncc1Oc1ccc(Cl)cc1Br. The van der Waals surface area contributed by atoms with Gasteiger partial charge in [0.1, 0.15) is 17.1 Å². The third kappa shape index (κ3) is 4.38. The predicted molar refractivity (Wildman–Crippen MR) is 108 cm³/mol. The molecule has 0 spiro atoms. The number of hydrogen-bond donors (Lipinski definition) is 0. The molecule has 0 fully saturated rings. The highest BCUT2D eigenvalue weighted by Gasteiger charge is 2.15. The average Bonchev–Trinajstić information content (AvgIpc) is 2.60. The highest BCUT2D eigenvalue weighted by atomic mass is 79.9. The minimum atomic E-state index is 0.226. The molecule has 3 rings (SSSR count). The lowest BCUT2D eigenvalue weighted by atomic mass is 10.2. The molecule has 0 bridgehead atoms. The van der Waals surface area contributed by atoms with Crippen LogP contribution >= 0.6 is 55.1 Å². The van der Waals surface area contributed by atoms with Gasteiger partial charge in [-0.1, -0.05) is 23.2 Å². The number of pyridine rings is 1. The monoisotopic (exact) mass is 515 g/mol. The van der Waals surface area contributed by atoms with E-state index in [1.165, 1.54) is 12.4 Å². The van der Waals surface area contributed by atoms with E-state index >= 15 is 0 Å². The summed E-state index contributed by atoms with van der Waals surface area (Å²) >= 11 is 18.6. The second-order valence-corrected chi connectivity index (χ2v) is 7.60. The van der Waals surface area contributed by atoms with Gasteiger partial charge in [-0.25, -0.2) is 0 Å². The van der Waals surface area contributed by atoms with Gasteiger partial charge in [0.2, 0.25) is 0 Å². The Morgan fingerprint density at radius 1 is 0.808 bits per heavy atom. The van der Waals surface area contributed by atoms with E-state index in [1.54, 1.807) is 36.4 Å². The highest BCUT2D eigenvalue weighted by molar-refractivity contribution is 9.10. The van der Waals surface area contributed by atoms with Crippen molar-refractivity contribution in [2.75, 3.05) is 0 Å². The number of aldehydes is 1. The Balaban J connectivity index is 1.95. The molecular formula is C18H9Br2Cl2NO3. The summed E-state index contributed by atoms with van der Waals surface area (Å²) < 4.78 is 12.9. The van der Waals surface area contributed by atoms with Gasteiger partial charge in [0.05, 0.1) is 21.3 Å². The summed E-state index contributed by atoms with van der Waals surface area (Å²) in [6.45, 7) is 0. The average molecular weight is 518 g/mol. The van der Waals surface area contributed by atoms with E-state index in [-0.39, 0.29) is 17.1 Å². The zero-order valence-electron chi connectivity index (χ0n) is 12.9. The Labute approximate surface area is 176 Å². The van der Waals surface area contributed by atoms with Crippen LogP contribution in [-0.4, -0.2) is 11.3 Å². The first kappa shape index (κ1) is 19.2. The molecular weight excluding hydrogens is 509 g/mol. The lowest BCUT2D eigenvalue weighted by Gasteiger charge is -2.13. The molecule has 26 heavy (non-hydrogen) atoms. The number of aromatic nitrogens is 1. The van der Waals surface area contributed by atoms with Gasteiger partial charge in [-0.05, 0) is 68.3 Å². The number of carbonyl (C=O) groups is 1. The molecule has 0 amide bonds. The van der Waals surface area contributed by atoms with Crippen molar-refractivity contribution in [2.45, 2.75) is 0 Å². The van der Waals surface area contributed by atoms with Crippen molar-refractivity contribution in [3.05, 3.63) is 73.3 Å². The highest BCUT2D eigenvalue weighted by Crippen LogP contribution is 2.38. The van der Waals surface area contributed by atoms with Crippen molar-refractivity contribution in [3.63, 3.8) is 0 Å². The van der Waals surface area contributed by atoms with Crippen molar-refractivity contribution in [1.29, 1.82) is 0 Å². The second-order valence-electron chi connectivity index (χ2n) is 5.02. The molecule has 0 aliphatic rings. The molecule has 1 aromatic heterocycles. The van der Waals surface area contributed by atoms with E-state index < -0.39 is 0 Å². The Morgan fingerprint density at radius 2 is 1.27 bits per heavy atom. The van der Waals surface area contributed by atoms with Gasteiger partial charge in [-0.3, -0.25) is 9.78 Å². The van der Waals surface area contributed by atoms with Crippen LogP contribution in [0.25, 0.3) is 0 Å². The minimum Gasteiger partial charge on any atom is -0.454 e. The summed E-state index contributed by atoms with van der Waals surface area (Å²) in [6.07, 6.45) is 3.53. The van der Waals surface area contributed by atoms with Crippen LogP contribution in [0.1, 0.15) is 10.4 Å². The molecule has 0 atom stereocenters. The number of hydrogen-bond acceptors (Lipinski definition) is 4. The van der Waals surface area contributed by atoms with Crippen LogP contribution in [-0.2, 0) is 0 Å². The fraction of sp³-hybridized carbons (Fsp3) is 0. The van der Waals surface area contributed by atoms with Crippen molar-refractivity contribution in [1.82, 2.24) is 4.98 Å². The molecule has 8 heteroatoms. The van der Waals surface area contributed by atoms with Crippen LogP contribution in [0.5, 0.6) is 23.0 Å². The molecule has 1 heterocycles. The topological polar surface area (TPSA) is 48.4 Å². The largest absolute Gasteiger partial charge is 0.454 e. The van der Waals surface area contributed by atoms with E-state index in [0.29, 0.717) is 36.8 Å². The van der Waals surface area contributed by atoms with Gasteiger partial charge < -0.3 is 9.47 Å². The number of rotatable bonds is 5. The van der Waals surface area contributed by atoms with Crippen LogP contribution in [0, 0.1) is 0 Å². The number of nitrogens with zero attached hydrogens (tertiary/aromatic N) is 1. The van der Waals surface area contributed by atoms with Gasteiger partial charge in [0, 0.05) is 10.0 Å². The quantitative estimate of drug-likeness (QED) is 0.333. The summed E-state index contributed by atoms with van der Waals surface area (Å²) in [4.78, 5) is 15.7. The zero-order chi connectivity index (χ0) is 18.7. The maximum absolute atomic E-state index is 11.7. The fourth-order valence-corrected chi connectivity index (χ4v) is 3.59. The first-order valence-electron chi connectivity index (χ1n) is 7.17. The van der Waals surface area contributed by atoms with E-state index in [0.717, 1.165) is 0 Å². The normalized spacial score (nSPS) is 10.5. The molecule has 0 aliphatic carbocycles. The first-order chi connectivity index (χ1) is 12.5. The standard InChI is InChI=1S/C18H9Br2Cl2NO3/c19-13-5-10(21)1-3-15(13)25-17-7-23-8-18(12(17)9-24)26-16-4-2-11(22)6-14(16)20/h1-9H. The van der Waals surface area contributed by atoms with E-state index in [2.05, 4.69) is 36.8 Å². The number of benzene rings is 2. The Hall–Kier alpha value is -1.60. The molecule has 3 aromatic rings. The maximum atomic E-state index is 11.7. The number of halogens is 4. The smallest absolute Gasteiger partial charge is 0.160 e. The first-order valence-corrected chi connectivity index (χ1v) is 9.51. The van der Waals surface area contributed by atoms with E-state index in [4.69, 9.17) is 32.7 Å². The predicted octanol–water partition coefficient (Wildman–Crippen LogP) is 7.31. The summed E-state index contributed by atoms with van der Waals surface area (Å²) in [5, 5.41) is 1.12. The lowest BCUT2D eigenvalue weighted by molar-refractivity contribution is 0.111. The minimum absolute atomic E-state index is 0.226. The molecule has 0 radical (unpaired) electrons. The summed E-state index contributed by atoms with van der Waals surface area (Å²) in [6, 6.07) is 10.1. The molecule has 4 nitrogen and oxygen atoms in total. The third-order valence-corrected chi connectivity index (χ3v) is 4.97. The van der Waals surface area contributed by atoms with Crippen LogP contribution in [0.4, 0.5) is 0 Å². The van der Waals surface area contributed by atoms with Crippen LogP contribution in [0.15, 0.2) is 57.7 Å². The van der Waals surface area contributed by atoms with E-state index in [9.17, 15) is 4.79 Å². The van der Waals surface area contributed by atoms with Crippen LogP contribution in [0.2, 0.25) is 10.0 Å². The number of carbonyl (C=O) groups excluding carboxylic acids is 1. The second kappa shape index (κ2) is 8.39. The lowest BCUT2D eigenvalue weighted by Crippen LogP contribution is -1.97. The summed E-state index contributed by atoms with van der Waals surface area (Å²) in [5.41, 5.74) is 0.226. The molecule has 0 saturated carbocycles. The van der Waals surface area contributed by atoms with Crippen molar-refractivity contribution >= 4 is 61.3 Å². The molecule has 0 saturated heterocycles. The Kier molecular flexibility index (Phi) is 6.19. The van der Waals surface area contributed by atoms with Gasteiger partial charge in [-0.15, -0.1) is 0 Å². The van der Waals surface area contributed by atoms with Crippen LogP contribution < -0.4 is 9.47 Å². The molecule has 0 unspecified atom stereocenters. The van der Waals surface area contributed by atoms with Crippen molar-refractivity contribution in [2.24, 2.45) is 0 Å². The summed E-state index contributed by atoms with van der Waals surface area (Å²) in [5.74, 6) is 1.49. The Morgan fingerprint density at radius 3 is 1.65 bits per heavy atom. The zero-order valence-corrected chi connectivity index (χ0v) is 17.6. The molecule has 2 aromatic carbocycles. The molecule has 0 aliphatic heterocycles.